The van der Waals surface area contributed by atoms with Gasteiger partial charge in [0.25, 0.3) is 0 Å². The molecule has 148 valence electrons. The first kappa shape index (κ1) is 19.3. The highest BCUT2D eigenvalue weighted by atomic mass is 16.5. The lowest BCUT2D eigenvalue weighted by Gasteiger charge is -2.20. The van der Waals surface area contributed by atoms with Crippen LogP contribution in [0.2, 0.25) is 0 Å². The lowest BCUT2D eigenvalue weighted by Crippen LogP contribution is -2.12. The first-order valence-electron chi connectivity index (χ1n) is 9.23. The van der Waals surface area contributed by atoms with Crippen LogP contribution in [-0.4, -0.2) is 36.1 Å². The highest BCUT2D eigenvalue weighted by Gasteiger charge is 2.29. The van der Waals surface area contributed by atoms with E-state index in [4.69, 9.17) is 9.47 Å². The van der Waals surface area contributed by atoms with Gasteiger partial charge in [0.05, 0.1) is 25.3 Å². The van der Waals surface area contributed by atoms with Crippen LogP contribution >= 0.6 is 0 Å². The van der Waals surface area contributed by atoms with E-state index in [1.54, 1.807) is 49.1 Å². The second kappa shape index (κ2) is 8.13. The third-order valence-corrected chi connectivity index (χ3v) is 4.90. The number of hydrogen-bond acceptors (Lipinski definition) is 6. The molecule has 0 N–H and O–H groups in total. The van der Waals surface area contributed by atoms with Crippen molar-refractivity contribution in [2.24, 2.45) is 0 Å². The molecule has 0 spiro atoms. The van der Waals surface area contributed by atoms with E-state index in [2.05, 4.69) is 9.97 Å². The van der Waals surface area contributed by atoms with E-state index in [-0.39, 0.29) is 0 Å². The number of rotatable bonds is 4. The number of aromatic nitrogens is 2. The van der Waals surface area contributed by atoms with Crippen molar-refractivity contribution in [3.05, 3.63) is 84.4 Å². The number of hydrogen-bond donors (Lipinski definition) is 0. The largest absolute Gasteiger partial charge is 0.465 e. The highest BCUT2D eigenvalue weighted by molar-refractivity contribution is 6.21. The van der Waals surface area contributed by atoms with E-state index >= 15 is 0 Å². The van der Waals surface area contributed by atoms with Gasteiger partial charge < -0.3 is 9.47 Å². The van der Waals surface area contributed by atoms with Crippen molar-refractivity contribution in [2.45, 2.75) is 0 Å². The second-order valence-electron chi connectivity index (χ2n) is 6.51. The van der Waals surface area contributed by atoms with E-state index in [0.717, 1.165) is 0 Å². The maximum Gasteiger partial charge on any atom is 0.339 e. The number of nitrogens with zero attached hydrogens (tertiary/aromatic N) is 2. The second-order valence-corrected chi connectivity index (χ2v) is 6.51. The minimum atomic E-state index is -0.508. The fourth-order valence-electron chi connectivity index (χ4n) is 3.67. The molecule has 0 aliphatic heterocycles. The minimum absolute atomic E-state index is 0.354. The lowest BCUT2D eigenvalue weighted by atomic mass is 9.83. The fraction of sp³-hybridized carbons (Fsp3) is 0.0833. The van der Waals surface area contributed by atoms with Crippen molar-refractivity contribution in [3.63, 3.8) is 0 Å². The van der Waals surface area contributed by atoms with Crippen LogP contribution in [0.4, 0.5) is 0 Å². The molecule has 0 amide bonds. The summed E-state index contributed by atoms with van der Waals surface area (Å²) < 4.78 is 10.3. The van der Waals surface area contributed by atoms with Crippen molar-refractivity contribution in [3.8, 4) is 22.3 Å². The average Bonchev–Trinajstić information content (AvgIpc) is 2.82. The Kier molecular flexibility index (Phi) is 5.22. The summed E-state index contributed by atoms with van der Waals surface area (Å²) in [6.07, 6.45) is 6.59. The van der Waals surface area contributed by atoms with Crippen LogP contribution < -0.4 is 0 Å². The fourth-order valence-corrected chi connectivity index (χ4v) is 3.67. The van der Waals surface area contributed by atoms with Crippen LogP contribution in [0.15, 0.2) is 73.3 Å². The number of methoxy groups -OCH3 is 2. The number of benzene rings is 2. The zero-order chi connectivity index (χ0) is 21.1. The summed E-state index contributed by atoms with van der Waals surface area (Å²) in [6, 6.07) is 14.4. The molecule has 6 heteroatoms. The molecule has 0 saturated carbocycles. The van der Waals surface area contributed by atoms with E-state index in [1.807, 2.05) is 24.3 Å². The SMILES string of the molecule is COC(=O)c1c(-c2cccnc2)c(-c2cccnc2)c(C(=O)OC)c2ccccc12. The van der Waals surface area contributed by atoms with Crippen molar-refractivity contribution in [1.29, 1.82) is 0 Å². The zero-order valence-electron chi connectivity index (χ0n) is 16.5. The number of carbonyl (C=O) groups is 2. The summed E-state index contributed by atoms with van der Waals surface area (Å²) in [7, 11) is 2.67. The molecule has 0 aliphatic carbocycles. The molecule has 0 radical (unpaired) electrons. The van der Waals surface area contributed by atoms with Crippen molar-refractivity contribution < 1.29 is 19.1 Å². The van der Waals surface area contributed by atoms with Gasteiger partial charge in [0, 0.05) is 47.0 Å². The molecular formula is C24H18N2O4. The van der Waals surface area contributed by atoms with Crippen molar-refractivity contribution in [2.75, 3.05) is 14.2 Å². The molecule has 2 aromatic heterocycles. The molecule has 4 aromatic rings. The lowest BCUT2D eigenvalue weighted by molar-refractivity contribution is 0.0591. The van der Waals surface area contributed by atoms with Gasteiger partial charge in [-0.05, 0) is 22.9 Å². The number of esters is 2. The van der Waals surface area contributed by atoms with Crippen LogP contribution in [0.1, 0.15) is 20.7 Å². The molecule has 4 rings (SSSR count). The molecule has 30 heavy (non-hydrogen) atoms. The van der Waals surface area contributed by atoms with Crippen LogP contribution in [0.25, 0.3) is 33.0 Å². The monoisotopic (exact) mass is 398 g/mol. The first-order valence-corrected chi connectivity index (χ1v) is 9.23. The average molecular weight is 398 g/mol. The Balaban J connectivity index is 2.30. The van der Waals surface area contributed by atoms with Crippen LogP contribution in [0.3, 0.4) is 0 Å². The summed E-state index contributed by atoms with van der Waals surface area (Å²) in [5, 5.41) is 1.19. The van der Waals surface area contributed by atoms with Gasteiger partial charge >= 0.3 is 11.9 Å². The van der Waals surface area contributed by atoms with Gasteiger partial charge in [-0.2, -0.15) is 0 Å². The summed E-state index contributed by atoms with van der Waals surface area (Å²) in [6.45, 7) is 0. The van der Waals surface area contributed by atoms with E-state index in [9.17, 15) is 9.59 Å². The van der Waals surface area contributed by atoms with Crippen LogP contribution in [-0.2, 0) is 9.47 Å². The van der Waals surface area contributed by atoms with Gasteiger partial charge in [0.15, 0.2) is 0 Å². The summed E-state index contributed by atoms with van der Waals surface area (Å²) >= 11 is 0. The van der Waals surface area contributed by atoms with E-state index in [0.29, 0.717) is 44.2 Å². The van der Waals surface area contributed by atoms with Crippen molar-refractivity contribution in [1.82, 2.24) is 9.97 Å². The molecule has 0 aliphatic rings. The molecule has 0 unspecified atom stereocenters. The van der Waals surface area contributed by atoms with Crippen molar-refractivity contribution >= 4 is 22.7 Å². The normalized spacial score (nSPS) is 10.6. The number of ether oxygens (including phenoxy) is 2. The predicted molar refractivity (Wildman–Crippen MR) is 113 cm³/mol. The topological polar surface area (TPSA) is 78.4 Å². The quantitative estimate of drug-likeness (QED) is 0.470. The summed E-state index contributed by atoms with van der Waals surface area (Å²) in [5.74, 6) is -1.02. The van der Waals surface area contributed by atoms with E-state index in [1.165, 1.54) is 14.2 Å². The Morgan fingerprint density at radius 2 is 1.10 bits per heavy atom. The first-order chi connectivity index (χ1) is 14.7. The van der Waals surface area contributed by atoms with Crippen LogP contribution in [0.5, 0.6) is 0 Å². The van der Waals surface area contributed by atoms with Gasteiger partial charge in [-0.15, -0.1) is 0 Å². The minimum Gasteiger partial charge on any atom is -0.465 e. The third kappa shape index (κ3) is 3.18. The Labute approximate surface area is 173 Å². The molecule has 0 fully saturated rings. The molecule has 0 saturated heterocycles. The third-order valence-electron chi connectivity index (χ3n) is 4.90. The number of carbonyl (C=O) groups excluding carboxylic acids is 2. The molecular weight excluding hydrogens is 380 g/mol. The molecule has 2 aromatic carbocycles. The van der Waals surface area contributed by atoms with Gasteiger partial charge in [-0.25, -0.2) is 9.59 Å². The maximum absolute atomic E-state index is 13.0. The van der Waals surface area contributed by atoms with Gasteiger partial charge in [0.2, 0.25) is 0 Å². The molecule has 0 bridgehead atoms. The number of fused-ring (bicyclic) bond motifs is 1. The Morgan fingerprint density at radius 1 is 0.667 bits per heavy atom. The Bertz CT molecular complexity index is 1140. The molecule has 0 atom stereocenters. The van der Waals surface area contributed by atoms with Crippen LogP contribution in [0, 0.1) is 0 Å². The van der Waals surface area contributed by atoms with Gasteiger partial charge in [-0.3, -0.25) is 9.97 Å². The Hall–Kier alpha value is -4.06. The summed E-state index contributed by atoms with van der Waals surface area (Å²) in [4.78, 5) is 34.4. The van der Waals surface area contributed by atoms with Gasteiger partial charge in [-0.1, -0.05) is 36.4 Å². The molecule has 2 heterocycles. The maximum atomic E-state index is 13.0. The highest BCUT2D eigenvalue weighted by Crippen LogP contribution is 2.43. The number of pyridine rings is 2. The standard InChI is InChI=1S/C24H18N2O4/c1-29-23(27)21-17-9-3-4-10-18(17)22(24(28)30-2)20(16-8-6-12-26-14-16)19(21)15-7-5-11-25-13-15/h3-14H,1-2H3. The smallest absolute Gasteiger partial charge is 0.339 e. The van der Waals surface area contributed by atoms with E-state index < -0.39 is 11.9 Å². The molecule has 6 nitrogen and oxygen atoms in total. The summed E-state index contributed by atoms with van der Waals surface area (Å²) in [5.41, 5.74) is 3.14. The zero-order valence-corrected chi connectivity index (χ0v) is 16.5. The van der Waals surface area contributed by atoms with Gasteiger partial charge in [0.1, 0.15) is 0 Å². The Morgan fingerprint density at radius 3 is 1.43 bits per heavy atom. The predicted octanol–water partition coefficient (Wildman–Crippen LogP) is 4.54.